The summed E-state index contributed by atoms with van der Waals surface area (Å²) in [5.74, 6) is -1.69. The van der Waals surface area contributed by atoms with Gasteiger partial charge in [0.15, 0.2) is 6.39 Å². The van der Waals surface area contributed by atoms with Crippen molar-refractivity contribution in [3.05, 3.63) is 53.2 Å². The van der Waals surface area contributed by atoms with Crippen molar-refractivity contribution in [1.82, 2.24) is 15.2 Å². The smallest absolute Gasteiger partial charge is 0.325 e. The zero-order valence-corrected chi connectivity index (χ0v) is 12.4. The molecule has 1 aliphatic rings. The molecule has 1 atom stereocenters. The fraction of sp³-hybridized carbons (Fsp3) is 0.267. The van der Waals surface area contributed by atoms with Gasteiger partial charge in [-0.3, -0.25) is 9.69 Å². The van der Waals surface area contributed by atoms with E-state index in [1.54, 1.807) is 6.92 Å². The third kappa shape index (κ3) is 2.36. The first kappa shape index (κ1) is 15.1. The van der Waals surface area contributed by atoms with Crippen LogP contribution in [0.3, 0.4) is 0 Å². The lowest BCUT2D eigenvalue weighted by molar-refractivity contribution is -0.131. The zero-order chi connectivity index (χ0) is 16.8. The number of nitrogens with zero attached hydrogens (tertiary/aromatic N) is 2. The molecule has 2 heterocycles. The van der Waals surface area contributed by atoms with Crippen LogP contribution in [0, 0.1) is 18.6 Å². The second-order valence-electron chi connectivity index (χ2n) is 5.43. The van der Waals surface area contributed by atoms with Crippen molar-refractivity contribution in [3.63, 3.8) is 0 Å². The Morgan fingerprint density at radius 2 is 2.09 bits per heavy atom. The molecule has 1 aromatic carbocycles. The molecule has 0 aliphatic carbocycles. The van der Waals surface area contributed by atoms with Crippen molar-refractivity contribution in [2.45, 2.75) is 25.9 Å². The molecule has 0 saturated carbocycles. The quantitative estimate of drug-likeness (QED) is 0.880. The van der Waals surface area contributed by atoms with Gasteiger partial charge in [0.1, 0.15) is 28.6 Å². The molecule has 6 nitrogen and oxygen atoms in total. The molecule has 1 N–H and O–H groups in total. The summed E-state index contributed by atoms with van der Waals surface area (Å²) >= 11 is 0. The first-order chi connectivity index (χ1) is 10.8. The van der Waals surface area contributed by atoms with E-state index in [0.29, 0.717) is 11.5 Å². The average molecular weight is 321 g/mol. The number of benzene rings is 1. The summed E-state index contributed by atoms with van der Waals surface area (Å²) < 4.78 is 32.5. The number of aromatic nitrogens is 1. The van der Waals surface area contributed by atoms with Crippen molar-refractivity contribution in [1.29, 1.82) is 0 Å². The molecule has 1 saturated heterocycles. The highest BCUT2D eigenvalue weighted by atomic mass is 19.1. The van der Waals surface area contributed by atoms with E-state index in [1.807, 2.05) is 0 Å². The second-order valence-corrected chi connectivity index (χ2v) is 5.43. The van der Waals surface area contributed by atoms with E-state index in [4.69, 9.17) is 4.42 Å². The van der Waals surface area contributed by atoms with Gasteiger partial charge in [-0.1, -0.05) is 0 Å². The fourth-order valence-corrected chi connectivity index (χ4v) is 2.53. The SMILES string of the molecule is Cc1ocnc1CN1C(=O)N[C@@](C)(c2cc(F)ccc2F)C1=O. The van der Waals surface area contributed by atoms with Crippen molar-refractivity contribution in [2.75, 3.05) is 0 Å². The maximum absolute atomic E-state index is 14.0. The molecular formula is C15H13F2N3O3. The molecule has 3 rings (SSSR count). The average Bonchev–Trinajstić information content (AvgIpc) is 2.99. The predicted molar refractivity (Wildman–Crippen MR) is 74.0 cm³/mol. The molecule has 1 aromatic heterocycles. The minimum Gasteiger partial charge on any atom is -0.448 e. The van der Waals surface area contributed by atoms with Crippen LogP contribution in [0.5, 0.6) is 0 Å². The highest BCUT2D eigenvalue weighted by molar-refractivity contribution is 6.07. The lowest BCUT2D eigenvalue weighted by Crippen LogP contribution is -2.41. The molecule has 0 spiro atoms. The first-order valence-electron chi connectivity index (χ1n) is 6.81. The van der Waals surface area contributed by atoms with E-state index in [-0.39, 0.29) is 12.1 Å². The lowest BCUT2D eigenvalue weighted by Gasteiger charge is -2.22. The highest BCUT2D eigenvalue weighted by Gasteiger charge is 2.50. The lowest BCUT2D eigenvalue weighted by atomic mass is 9.91. The molecule has 3 amide bonds. The van der Waals surface area contributed by atoms with Gasteiger partial charge in [0.25, 0.3) is 5.91 Å². The van der Waals surface area contributed by atoms with Crippen LogP contribution in [0.25, 0.3) is 0 Å². The predicted octanol–water partition coefficient (Wildman–Crippen LogP) is 2.23. The van der Waals surface area contributed by atoms with Crippen LogP contribution in [-0.2, 0) is 16.9 Å². The molecule has 120 valence electrons. The Hall–Kier alpha value is -2.77. The van der Waals surface area contributed by atoms with E-state index in [9.17, 15) is 18.4 Å². The second kappa shape index (κ2) is 5.15. The van der Waals surface area contributed by atoms with E-state index in [2.05, 4.69) is 10.3 Å². The Labute approximate surface area is 130 Å². The van der Waals surface area contributed by atoms with E-state index in [0.717, 1.165) is 23.1 Å². The summed E-state index contributed by atoms with van der Waals surface area (Å²) in [4.78, 5) is 29.6. The van der Waals surface area contributed by atoms with Crippen molar-refractivity contribution in [2.24, 2.45) is 0 Å². The number of urea groups is 1. The number of hydrogen-bond donors (Lipinski definition) is 1. The summed E-state index contributed by atoms with van der Waals surface area (Å²) in [5.41, 5.74) is -1.49. The van der Waals surface area contributed by atoms with Crippen molar-refractivity contribution in [3.8, 4) is 0 Å². The van der Waals surface area contributed by atoms with Crippen LogP contribution in [0.2, 0.25) is 0 Å². The molecule has 0 bridgehead atoms. The number of hydrogen-bond acceptors (Lipinski definition) is 4. The van der Waals surface area contributed by atoms with E-state index < -0.39 is 29.1 Å². The summed E-state index contributed by atoms with van der Waals surface area (Å²) in [6, 6.07) is 2.06. The number of nitrogens with one attached hydrogen (secondary N) is 1. The van der Waals surface area contributed by atoms with Crippen LogP contribution in [-0.4, -0.2) is 21.8 Å². The van der Waals surface area contributed by atoms with Crippen LogP contribution in [0.4, 0.5) is 13.6 Å². The Kier molecular flexibility index (Phi) is 3.39. The van der Waals surface area contributed by atoms with Gasteiger partial charge < -0.3 is 9.73 Å². The van der Waals surface area contributed by atoms with Crippen LogP contribution < -0.4 is 5.32 Å². The Morgan fingerprint density at radius 1 is 1.35 bits per heavy atom. The number of amides is 3. The third-order valence-electron chi connectivity index (χ3n) is 3.89. The fourth-order valence-electron chi connectivity index (χ4n) is 2.53. The van der Waals surface area contributed by atoms with E-state index in [1.165, 1.54) is 13.3 Å². The van der Waals surface area contributed by atoms with Gasteiger partial charge in [-0.25, -0.2) is 18.6 Å². The molecule has 1 aliphatic heterocycles. The normalized spacial score (nSPS) is 21.0. The number of carbonyl (C=O) groups is 2. The maximum Gasteiger partial charge on any atom is 0.325 e. The third-order valence-corrected chi connectivity index (χ3v) is 3.89. The van der Waals surface area contributed by atoms with Gasteiger partial charge in [-0.15, -0.1) is 0 Å². The minimum absolute atomic E-state index is 0.112. The Balaban J connectivity index is 1.97. The summed E-state index contributed by atoms with van der Waals surface area (Å²) in [6.07, 6.45) is 1.20. The largest absolute Gasteiger partial charge is 0.448 e. The van der Waals surface area contributed by atoms with Gasteiger partial charge in [0.2, 0.25) is 0 Å². The number of imide groups is 1. The molecule has 8 heteroatoms. The van der Waals surface area contributed by atoms with Crippen molar-refractivity contribution >= 4 is 11.9 Å². The molecule has 1 fully saturated rings. The molecule has 0 radical (unpaired) electrons. The highest BCUT2D eigenvalue weighted by Crippen LogP contribution is 2.32. The Bertz CT molecular complexity index is 805. The van der Waals surface area contributed by atoms with Crippen LogP contribution in [0.15, 0.2) is 29.0 Å². The van der Waals surface area contributed by atoms with Gasteiger partial charge in [0, 0.05) is 5.56 Å². The number of carbonyl (C=O) groups excluding carboxylic acids is 2. The Morgan fingerprint density at radius 3 is 2.74 bits per heavy atom. The summed E-state index contributed by atoms with van der Waals surface area (Å²) in [6.45, 7) is 2.87. The molecule has 2 aromatic rings. The van der Waals surface area contributed by atoms with Crippen molar-refractivity contribution < 1.29 is 22.8 Å². The number of aryl methyl sites for hydroxylation is 1. The topological polar surface area (TPSA) is 75.4 Å². The number of rotatable bonds is 3. The van der Waals surface area contributed by atoms with Gasteiger partial charge in [-0.2, -0.15) is 0 Å². The summed E-state index contributed by atoms with van der Waals surface area (Å²) in [5, 5.41) is 2.42. The van der Waals surface area contributed by atoms with Crippen LogP contribution >= 0.6 is 0 Å². The standard InChI is InChI=1S/C15H13F2N3O3/c1-8-12(18-7-23-8)6-20-13(21)15(2,19-14(20)22)10-5-9(16)3-4-11(10)17/h3-5,7H,6H2,1-2H3,(H,19,22)/t15-/m0/s1. The molecule has 23 heavy (non-hydrogen) atoms. The summed E-state index contributed by atoms with van der Waals surface area (Å²) in [7, 11) is 0. The first-order valence-corrected chi connectivity index (χ1v) is 6.81. The molecular weight excluding hydrogens is 308 g/mol. The van der Waals surface area contributed by atoms with Gasteiger partial charge in [-0.05, 0) is 32.0 Å². The van der Waals surface area contributed by atoms with Crippen LogP contribution in [0.1, 0.15) is 23.9 Å². The maximum atomic E-state index is 14.0. The van der Waals surface area contributed by atoms with Gasteiger partial charge >= 0.3 is 6.03 Å². The zero-order valence-electron chi connectivity index (χ0n) is 12.4. The number of oxazole rings is 1. The minimum atomic E-state index is -1.68. The monoisotopic (exact) mass is 321 g/mol. The van der Waals surface area contributed by atoms with Gasteiger partial charge in [0.05, 0.1) is 6.54 Å². The molecule has 0 unspecified atom stereocenters. The van der Waals surface area contributed by atoms with E-state index >= 15 is 0 Å². The number of halogens is 2.